The molecule has 2 amide bonds. The van der Waals surface area contributed by atoms with Crippen LogP contribution in [0.25, 0.3) is 5.69 Å². The minimum absolute atomic E-state index is 0.103. The van der Waals surface area contributed by atoms with E-state index in [9.17, 15) is 14.0 Å². The molecule has 0 bridgehead atoms. The Morgan fingerprint density at radius 3 is 2.11 bits per heavy atom. The summed E-state index contributed by atoms with van der Waals surface area (Å²) in [4.78, 5) is 29.4. The molecular weight excluding hydrogens is 572 g/mol. The Morgan fingerprint density at radius 1 is 0.935 bits per heavy atom. The highest BCUT2D eigenvalue weighted by atomic mass is 19.1. The van der Waals surface area contributed by atoms with Gasteiger partial charge in [0.05, 0.1) is 80.9 Å². The van der Waals surface area contributed by atoms with Crippen LogP contribution in [0.1, 0.15) is 41.1 Å². The second-order valence-corrected chi connectivity index (χ2v) is 12.1. The van der Waals surface area contributed by atoms with Crippen LogP contribution in [0, 0.1) is 5.82 Å². The van der Waals surface area contributed by atoms with E-state index in [1.165, 1.54) is 30.1 Å². The molecule has 0 unspecified atom stereocenters. The Hall–Kier alpha value is -3.11. The zero-order valence-electron chi connectivity index (χ0n) is 25.4. The molecule has 1 aliphatic carbocycles. The molecule has 1 saturated carbocycles. The number of likely N-dealkylation sites (N-methyl/N-ethyl adjacent to an activating group) is 1. The number of nitrogens with zero attached hydrogens (tertiary/aromatic N) is 5. The second kappa shape index (κ2) is 12.5. The lowest BCUT2D eigenvalue weighted by Gasteiger charge is -2.75. The number of carbonyl (C=O) groups is 2. The van der Waals surface area contributed by atoms with E-state index in [1.54, 1.807) is 42.6 Å². The zero-order chi connectivity index (χ0) is 33.7. The molecule has 1 aliphatic heterocycles. The summed E-state index contributed by atoms with van der Waals surface area (Å²) in [6.07, 6.45) is 4.57. The van der Waals surface area contributed by atoms with Crippen molar-refractivity contribution in [3.8, 4) is 5.69 Å². The average molecular weight is 598 g/mol. The Bertz CT molecular complexity index is 1530. The predicted molar refractivity (Wildman–Crippen MR) is 179 cm³/mol. The molecule has 2 N–H and O–H groups in total. The van der Waals surface area contributed by atoms with Crippen LogP contribution in [0.5, 0.6) is 0 Å². The van der Waals surface area contributed by atoms with Crippen LogP contribution in [0.15, 0.2) is 60.9 Å². The monoisotopic (exact) mass is 599 g/mol. The minimum atomic E-state index is -2.40. The number of amides is 2. The van der Waals surface area contributed by atoms with Crippen LogP contribution >= 0.6 is 0 Å². The van der Waals surface area contributed by atoms with Crippen molar-refractivity contribution < 1.29 is 14.0 Å². The van der Waals surface area contributed by atoms with Gasteiger partial charge in [-0.15, -0.1) is 5.10 Å². The van der Waals surface area contributed by atoms with Gasteiger partial charge in [-0.3, -0.25) is 9.59 Å². The van der Waals surface area contributed by atoms with Gasteiger partial charge in [0, 0.05) is 17.5 Å². The summed E-state index contributed by atoms with van der Waals surface area (Å²) in [5.41, 5.74) is 1.95. The summed E-state index contributed by atoms with van der Waals surface area (Å²) in [6.45, 7) is 0.486. The lowest BCUT2D eigenvalue weighted by molar-refractivity contribution is -0.144. The van der Waals surface area contributed by atoms with Gasteiger partial charge in [0.2, 0.25) is 5.91 Å². The number of carbonyl (C=O) groups excluding carboxylic acids is 2. The van der Waals surface area contributed by atoms with Gasteiger partial charge in [-0.05, 0) is 96.2 Å². The molecule has 2 fully saturated rings. The summed E-state index contributed by atoms with van der Waals surface area (Å²) in [6, 6.07) is 11.8. The van der Waals surface area contributed by atoms with E-state index in [-0.39, 0.29) is 29.8 Å². The number of benzene rings is 2. The number of rotatable bonds is 10. The third-order valence-corrected chi connectivity index (χ3v) is 8.94. The van der Waals surface area contributed by atoms with Crippen LogP contribution in [0.4, 0.5) is 4.39 Å². The smallest absolute Gasteiger partial charge is 0.251 e. The van der Waals surface area contributed by atoms with Gasteiger partial charge in [0.1, 0.15) is 11.9 Å². The molecule has 0 spiro atoms. The van der Waals surface area contributed by atoms with Crippen molar-refractivity contribution in [3.05, 3.63) is 77.9 Å². The van der Waals surface area contributed by atoms with Gasteiger partial charge in [0.25, 0.3) is 5.91 Å². The van der Waals surface area contributed by atoms with Gasteiger partial charge in [-0.25, -0.2) is 9.07 Å². The molecule has 18 heteroatoms. The van der Waals surface area contributed by atoms with Crippen molar-refractivity contribution in [2.45, 2.75) is 58.6 Å². The van der Waals surface area contributed by atoms with E-state index in [0.717, 1.165) is 16.9 Å². The van der Waals surface area contributed by atoms with Crippen LogP contribution in [-0.2, 0) is 4.79 Å². The van der Waals surface area contributed by atoms with Gasteiger partial charge < -0.3 is 20.4 Å². The first-order valence-electron chi connectivity index (χ1n) is 14.7. The van der Waals surface area contributed by atoms with Gasteiger partial charge in [-0.1, -0.05) is 17.3 Å². The van der Waals surface area contributed by atoms with E-state index >= 15 is 0 Å². The summed E-state index contributed by atoms with van der Waals surface area (Å²) < 4.78 is 14.8. The van der Waals surface area contributed by atoms with Crippen molar-refractivity contribution >= 4 is 74.6 Å². The minimum Gasteiger partial charge on any atom is -0.364 e. The van der Waals surface area contributed by atoms with Crippen LogP contribution in [0.3, 0.4) is 0 Å². The molecule has 2 heterocycles. The summed E-state index contributed by atoms with van der Waals surface area (Å²) in [5, 5.41) is 4.66. The number of piperazine rings is 1. The molecule has 216 valence electrons. The highest BCUT2D eigenvalue weighted by Crippen LogP contribution is 2.42. The molecule has 16 radical (unpaired) electrons. The summed E-state index contributed by atoms with van der Waals surface area (Å²) in [5.74, 6) is -1.52. The first-order chi connectivity index (χ1) is 21.5. The average Bonchev–Trinajstić information content (AvgIpc) is 3.55. The molecule has 5 rings (SSSR count). The first-order valence-corrected chi connectivity index (χ1v) is 14.7. The Labute approximate surface area is 279 Å². The third kappa shape index (κ3) is 6.15. The fourth-order valence-corrected chi connectivity index (χ4v) is 5.73. The molecule has 2 aliphatic rings. The van der Waals surface area contributed by atoms with Gasteiger partial charge in [-0.2, -0.15) is 0 Å². The lowest BCUT2D eigenvalue weighted by atomic mass is 9.26. The SMILES string of the molecule is [B]C1([B])N(C)C([B])([B])C([B])([B])N(C(=O)[C@H](CCCN[C@@H]2C[C@H]2c2ccc(F)cc2)NC(=O)c2ccc(-n3ccnn3)cc2)C1([B])[B]. The van der Waals surface area contributed by atoms with Crippen LogP contribution in [-0.4, -0.2) is 146 Å². The van der Waals surface area contributed by atoms with Crippen molar-refractivity contribution in [2.24, 2.45) is 0 Å². The Balaban J connectivity index is 1.34. The largest absolute Gasteiger partial charge is 0.364 e. The quantitative estimate of drug-likeness (QED) is 0.211. The van der Waals surface area contributed by atoms with Crippen molar-refractivity contribution in [1.29, 1.82) is 0 Å². The summed E-state index contributed by atoms with van der Waals surface area (Å²) in [7, 11) is 51.8. The normalized spacial score (nSPS) is 23.3. The molecule has 1 aromatic heterocycles. The fourth-order valence-electron chi connectivity index (χ4n) is 5.73. The van der Waals surface area contributed by atoms with E-state index in [2.05, 4.69) is 20.9 Å². The number of hydrogen-bond donors (Lipinski definition) is 2. The van der Waals surface area contributed by atoms with Crippen molar-refractivity contribution in [2.75, 3.05) is 13.6 Å². The molecule has 3 aromatic rings. The van der Waals surface area contributed by atoms with E-state index in [0.29, 0.717) is 23.6 Å². The van der Waals surface area contributed by atoms with E-state index in [4.69, 9.17) is 62.8 Å². The molecular formula is C28H26B8FN7O2. The summed E-state index contributed by atoms with van der Waals surface area (Å²) >= 11 is 0. The maximum absolute atomic E-state index is 14.3. The number of halogens is 1. The number of nitrogens with one attached hydrogen (secondary N) is 2. The van der Waals surface area contributed by atoms with E-state index in [1.807, 2.05) is 0 Å². The molecule has 9 nitrogen and oxygen atoms in total. The van der Waals surface area contributed by atoms with Crippen LogP contribution < -0.4 is 10.6 Å². The van der Waals surface area contributed by atoms with Crippen molar-refractivity contribution in [1.82, 2.24) is 35.4 Å². The first kappa shape index (κ1) is 34.2. The maximum Gasteiger partial charge on any atom is 0.251 e. The Morgan fingerprint density at radius 2 is 1.54 bits per heavy atom. The molecule has 3 atom stereocenters. The highest BCUT2D eigenvalue weighted by molar-refractivity contribution is 6.61. The van der Waals surface area contributed by atoms with Gasteiger partial charge in [0.15, 0.2) is 0 Å². The molecule has 1 saturated heterocycles. The standard InChI is InChI=1S/C28H26B8FN7O2/c1-42-25(29,30)27(33,34)44(28(35,36)26(42,31)32)24(46)21(3-2-12-38-22-15-20(22)16-4-8-18(37)9-5-16)40-23(45)17-6-10-19(11-7-17)43-14-13-39-41-43/h4-11,13-14,20-22,38H,2-3,12,15H2,1H3,(H,40,45)/t20-,21-,22+/m0/s1. The number of aromatic nitrogens is 3. The van der Waals surface area contributed by atoms with Gasteiger partial charge >= 0.3 is 0 Å². The zero-order valence-corrected chi connectivity index (χ0v) is 25.4. The highest BCUT2D eigenvalue weighted by Gasteiger charge is 2.60. The number of hydrogen-bond acceptors (Lipinski definition) is 6. The lowest BCUT2D eigenvalue weighted by Crippen LogP contribution is -2.92. The van der Waals surface area contributed by atoms with Crippen LogP contribution in [0.2, 0.25) is 0 Å². The Kier molecular flexibility index (Phi) is 9.29. The fraction of sp³-hybridized carbons (Fsp3) is 0.429. The molecule has 2 aromatic carbocycles. The maximum atomic E-state index is 14.3. The third-order valence-electron chi connectivity index (χ3n) is 8.94. The second-order valence-electron chi connectivity index (χ2n) is 12.1. The predicted octanol–water partition coefficient (Wildman–Crippen LogP) is -1.83. The topological polar surface area (TPSA) is 95.4 Å². The van der Waals surface area contributed by atoms with E-state index < -0.39 is 39.2 Å². The van der Waals surface area contributed by atoms with Crippen molar-refractivity contribution in [3.63, 3.8) is 0 Å². The molecule has 46 heavy (non-hydrogen) atoms.